The summed E-state index contributed by atoms with van der Waals surface area (Å²) >= 11 is 0. The first kappa shape index (κ1) is 13.6. The van der Waals surface area contributed by atoms with Crippen molar-refractivity contribution in [1.29, 1.82) is 0 Å². The molecule has 3 rings (SSSR count). The minimum atomic E-state index is 0.211. The summed E-state index contributed by atoms with van der Waals surface area (Å²) in [4.78, 5) is 11.0. The van der Waals surface area contributed by atoms with E-state index in [9.17, 15) is 0 Å². The predicted molar refractivity (Wildman–Crippen MR) is 79.2 cm³/mol. The molecule has 1 aromatic rings. The fourth-order valence-electron chi connectivity index (χ4n) is 2.68. The van der Waals surface area contributed by atoms with Crippen molar-refractivity contribution in [2.24, 2.45) is 0 Å². The van der Waals surface area contributed by atoms with Gasteiger partial charge in [0.1, 0.15) is 18.0 Å². The largest absolute Gasteiger partial charge is 0.375 e. The maximum Gasteiger partial charge on any atom is 0.134 e. The van der Waals surface area contributed by atoms with Crippen LogP contribution in [0.15, 0.2) is 12.4 Å². The third-order valence-electron chi connectivity index (χ3n) is 3.82. The summed E-state index contributed by atoms with van der Waals surface area (Å²) in [7, 11) is 0. The predicted octanol–water partition coefficient (Wildman–Crippen LogP) is 0.867. The lowest BCUT2D eigenvalue weighted by Crippen LogP contribution is -2.32. The van der Waals surface area contributed by atoms with Gasteiger partial charge in [0.05, 0.1) is 6.10 Å². The lowest BCUT2D eigenvalue weighted by Gasteiger charge is -2.18. The lowest BCUT2D eigenvalue weighted by atomic mass is 10.3. The first-order chi connectivity index (χ1) is 9.92. The zero-order chi connectivity index (χ0) is 13.6. The number of aromatic nitrogens is 2. The Morgan fingerprint density at radius 2 is 2.20 bits per heavy atom. The normalized spacial score (nSPS) is 23.6. The van der Waals surface area contributed by atoms with Crippen LogP contribution in [0.3, 0.4) is 0 Å². The van der Waals surface area contributed by atoms with E-state index >= 15 is 0 Å². The first-order valence-electron chi connectivity index (χ1n) is 7.55. The van der Waals surface area contributed by atoms with Crippen molar-refractivity contribution < 1.29 is 4.74 Å². The number of anilines is 2. The smallest absolute Gasteiger partial charge is 0.134 e. The van der Waals surface area contributed by atoms with Crippen LogP contribution in [0, 0.1) is 0 Å². The van der Waals surface area contributed by atoms with E-state index in [0.717, 1.165) is 57.4 Å². The highest BCUT2D eigenvalue weighted by atomic mass is 16.5. The van der Waals surface area contributed by atoms with Crippen LogP contribution in [-0.4, -0.2) is 55.4 Å². The molecule has 0 aliphatic carbocycles. The Kier molecular flexibility index (Phi) is 4.65. The van der Waals surface area contributed by atoms with Gasteiger partial charge in [-0.25, -0.2) is 9.97 Å². The monoisotopic (exact) mass is 277 g/mol. The number of rotatable bonds is 4. The van der Waals surface area contributed by atoms with Gasteiger partial charge in [-0.2, -0.15) is 0 Å². The van der Waals surface area contributed by atoms with Crippen LogP contribution >= 0.6 is 0 Å². The highest BCUT2D eigenvalue weighted by Gasteiger charge is 2.15. The molecule has 0 spiro atoms. The van der Waals surface area contributed by atoms with Gasteiger partial charge in [0.15, 0.2) is 0 Å². The van der Waals surface area contributed by atoms with Crippen LogP contribution in [0.25, 0.3) is 0 Å². The van der Waals surface area contributed by atoms with Crippen LogP contribution in [-0.2, 0) is 4.74 Å². The average molecular weight is 277 g/mol. The van der Waals surface area contributed by atoms with E-state index < -0.39 is 0 Å². The van der Waals surface area contributed by atoms with Gasteiger partial charge in [-0.05, 0) is 25.8 Å². The summed E-state index contributed by atoms with van der Waals surface area (Å²) in [5, 5.41) is 6.75. The number of hydrogen-bond donors (Lipinski definition) is 2. The van der Waals surface area contributed by atoms with Crippen molar-refractivity contribution in [1.82, 2.24) is 15.3 Å². The molecule has 0 aromatic carbocycles. The standard InChI is InChI=1S/C14H23N5O/c1-2-6-19(5-1)14-8-13(17-11-18-14)16-10-12-9-15-4-3-7-20-12/h8,11-12,15H,1-7,9-10H2,(H,16,17,18)/t12-/m1/s1. The second-order valence-corrected chi connectivity index (χ2v) is 5.39. The second-order valence-electron chi connectivity index (χ2n) is 5.39. The quantitative estimate of drug-likeness (QED) is 0.851. The number of nitrogens with zero attached hydrogens (tertiary/aromatic N) is 3. The van der Waals surface area contributed by atoms with E-state index in [1.54, 1.807) is 6.33 Å². The summed E-state index contributed by atoms with van der Waals surface area (Å²) in [6.45, 7) is 5.77. The molecule has 0 radical (unpaired) electrons. The van der Waals surface area contributed by atoms with Crippen molar-refractivity contribution >= 4 is 11.6 Å². The molecule has 20 heavy (non-hydrogen) atoms. The van der Waals surface area contributed by atoms with Gasteiger partial charge in [-0.1, -0.05) is 0 Å². The maximum absolute atomic E-state index is 5.78. The molecule has 110 valence electrons. The van der Waals surface area contributed by atoms with Gasteiger partial charge in [-0.15, -0.1) is 0 Å². The maximum atomic E-state index is 5.78. The number of nitrogens with one attached hydrogen (secondary N) is 2. The van der Waals surface area contributed by atoms with Crippen LogP contribution in [0.2, 0.25) is 0 Å². The topological polar surface area (TPSA) is 62.3 Å². The SMILES string of the molecule is c1nc(NC[C@H]2CNCCCO2)cc(N2CCCC2)n1. The molecule has 2 N–H and O–H groups in total. The Labute approximate surface area is 119 Å². The van der Waals surface area contributed by atoms with Crippen molar-refractivity contribution in [3.8, 4) is 0 Å². The molecular weight excluding hydrogens is 254 g/mol. The average Bonchev–Trinajstić information content (AvgIpc) is 2.90. The summed E-state index contributed by atoms with van der Waals surface area (Å²) < 4.78 is 5.78. The molecule has 2 saturated heterocycles. The summed E-state index contributed by atoms with van der Waals surface area (Å²) in [5.74, 6) is 1.91. The fourth-order valence-corrected chi connectivity index (χ4v) is 2.68. The molecule has 6 nitrogen and oxygen atoms in total. The van der Waals surface area contributed by atoms with Gasteiger partial charge in [0.25, 0.3) is 0 Å². The second kappa shape index (κ2) is 6.85. The molecule has 0 bridgehead atoms. The molecule has 0 unspecified atom stereocenters. The van der Waals surface area contributed by atoms with Crippen LogP contribution in [0.1, 0.15) is 19.3 Å². The molecule has 0 amide bonds. The zero-order valence-electron chi connectivity index (χ0n) is 11.8. The fraction of sp³-hybridized carbons (Fsp3) is 0.714. The minimum Gasteiger partial charge on any atom is -0.375 e. The highest BCUT2D eigenvalue weighted by Crippen LogP contribution is 2.19. The summed E-state index contributed by atoms with van der Waals surface area (Å²) in [5.41, 5.74) is 0. The van der Waals surface area contributed by atoms with E-state index in [4.69, 9.17) is 4.74 Å². The minimum absolute atomic E-state index is 0.211. The Hall–Kier alpha value is -1.40. The molecule has 6 heteroatoms. The van der Waals surface area contributed by atoms with Crippen molar-refractivity contribution in [2.45, 2.75) is 25.4 Å². The zero-order valence-corrected chi connectivity index (χ0v) is 11.8. The molecular formula is C14H23N5O. The Balaban J connectivity index is 1.55. The van der Waals surface area contributed by atoms with E-state index in [1.165, 1.54) is 12.8 Å². The molecule has 1 atom stereocenters. The lowest BCUT2D eigenvalue weighted by molar-refractivity contribution is 0.0761. The molecule has 0 saturated carbocycles. The Bertz CT molecular complexity index is 414. The Morgan fingerprint density at radius 1 is 1.30 bits per heavy atom. The van der Waals surface area contributed by atoms with Crippen LogP contribution in [0.5, 0.6) is 0 Å². The van der Waals surface area contributed by atoms with Crippen molar-refractivity contribution in [3.05, 3.63) is 12.4 Å². The highest BCUT2D eigenvalue weighted by molar-refractivity contribution is 5.48. The van der Waals surface area contributed by atoms with Gasteiger partial charge in [-0.3, -0.25) is 0 Å². The summed E-state index contributed by atoms with van der Waals surface area (Å²) in [6.07, 6.45) is 5.45. The first-order valence-corrected chi connectivity index (χ1v) is 7.55. The van der Waals surface area contributed by atoms with Gasteiger partial charge in [0.2, 0.25) is 0 Å². The van der Waals surface area contributed by atoms with E-state index in [0.29, 0.717) is 0 Å². The van der Waals surface area contributed by atoms with E-state index in [-0.39, 0.29) is 6.10 Å². The van der Waals surface area contributed by atoms with Crippen LogP contribution < -0.4 is 15.5 Å². The third kappa shape index (κ3) is 3.58. The van der Waals surface area contributed by atoms with E-state index in [2.05, 4.69) is 25.5 Å². The van der Waals surface area contributed by atoms with Crippen molar-refractivity contribution in [3.63, 3.8) is 0 Å². The molecule has 2 aliphatic heterocycles. The van der Waals surface area contributed by atoms with Gasteiger partial charge < -0.3 is 20.3 Å². The molecule has 2 fully saturated rings. The number of ether oxygens (including phenoxy) is 1. The molecule has 2 aliphatic rings. The van der Waals surface area contributed by atoms with Gasteiger partial charge in [0, 0.05) is 38.9 Å². The van der Waals surface area contributed by atoms with E-state index in [1.807, 2.05) is 6.07 Å². The molecule has 1 aromatic heterocycles. The van der Waals surface area contributed by atoms with Gasteiger partial charge >= 0.3 is 0 Å². The van der Waals surface area contributed by atoms with Crippen molar-refractivity contribution in [2.75, 3.05) is 49.5 Å². The van der Waals surface area contributed by atoms with Crippen LogP contribution in [0.4, 0.5) is 11.6 Å². The summed E-state index contributed by atoms with van der Waals surface area (Å²) in [6, 6.07) is 2.04. The molecule has 3 heterocycles. The number of hydrogen-bond acceptors (Lipinski definition) is 6. The third-order valence-corrected chi connectivity index (χ3v) is 3.82. The Morgan fingerprint density at radius 3 is 3.10 bits per heavy atom.